The summed E-state index contributed by atoms with van der Waals surface area (Å²) in [5.74, 6) is -0.176. The van der Waals surface area contributed by atoms with Crippen LogP contribution in [-0.2, 0) is 0 Å². The molecule has 0 amide bonds. The largest absolute Gasteiger partial charge is 0.490 e. The first-order chi connectivity index (χ1) is 7.19. The van der Waals surface area contributed by atoms with E-state index in [4.69, 9.17) is 9.94 Å². The molecular formula is C10H11F2NO2. The van der Waals surface area contributed by atoms with Crippen LogP contribution in [0.2, 0.25) is 0 Å². The van der Waals surface area contributed by atoms with Crippen LogP contribution in [0.3, 0.4) is 0 Å². The van der Waals surface area contributed by atoms with Crippen LogP contribution in [0.1, 0.15) is 12.5 Å². The maximum atomic E-state index is 12.9. The van der Waals surface area contributed by atoms with Crippen molar-refractivity contribution in [1.29, 1.82) is 0 Å². The third-order valence-corrected chi connectivity index (χ3v) is 1.82. The number of rotatable bonds is 4. The van der Waals surface area contributed by atoms with Crippen molar-refractivity contribution in [3.8, 4) is 5.75 Å². The molecule has 0 aliphatic heterocycles. The third-order valence-electron chi connectivity index (χ3n) is 1.82. The van der Waals surface area contributed by atoms with Gasteiger partial charge in [-0.3, -0.25) is 0 Å². The fraction of sp³-hybridized carbons (Fsp3) is 0.300. The number of hydrogen-bond acceptors (Lipinski definition) is 3. The lowest BCUT2D eigenvalue weighted by atomic mass is 10.1. The highest BCUT2D eigenvalue weighted by Crippen LogP contribution is 2.20. The van der Waals surface area contributed by atoms with Crippen LogP contribution in [0.15, 0.2) is 23.4 Å². The second kappa shape index (κ2) is 5.29. The van der Waals surface area contributed by atoms with E-state index in [2.05, 4.69) is 5.16 Å². The molecule has 0 fully saturated rings. The van der Waals surface area contributed by atoms with E-state index < -0.39 is 12.5 Å². The van der Waals surface area contributed by atoms with Gasteiger partial charge in [-0.05, 0) is 25.1 Å². The van der Waals surface area contributed by atoms with Gasteiger partial charge in [-0.2, -0.15) is 0 Å². The Morgan fingerprint density at radius 1 is 1.53 bits per heavy atom. The average Bonchev–Trinajstić information content (AvgIpc) is 2.26. The molecule has 5 heteroatoms. The summed E-state index contributed by atoms with van der Waals surface area (Å²) >= 11 is 0. The summed E-state index contributed by atoms with van der Waals surface area (Å²) in [6, 6.07) is 3.74. The molecular weight excluding hydrogens is 204 g/mol. The standard InChI is InChI=1S/C10H11F2NO2/c1-7(13-14)9-6-8(12)2-3-10(9)15-5-4-11/h2-3,6,14H,4-5H2,1H3/b13-7-. The second-order valence-corrected chi connectivity index (χ2v) is 2.86. The zero-order valence-corrected chi connectivity index (χ0v) is 8.20. The molecule has 0 saturated heterocycles. The molecule has 82 valence electrons. The maximum absolute atomic E-state index is 12.9. The Kier molecular flexibility index (Phi) is 4.03. The molecule has 1 aromatic carbocycles. The first kappa shape index (κ1) is 11.4. The molecule has 0 aromatic heterocycles. The second-order valence-electron chi connectivity index (χ2n) is 2.86. The summed E-state index contributed by atoms with van der Waals surface area (Å²) in [5, 5.41) is 11.5. The summed E-state index contributed by atoms with van der Waals surface area (Å²) in [7, 11) is 0. The molecule has 0 heterocycles. The Labute approximate surface area is 86.0 Å². The van der Waals surface area contributed by atoms with Crippen LogP contribution in [0.4, 0.5) is 8.78 Å². The molecule has 0 unspecified atom stereocenters. The Balaban J connectivity index is 3.03. The van der Waals surface area contributed by atoms with E-state index in [0.29, 0.717) is 11.3 Å². The van der Waals surface area contributed by atoms with Crippen LogP contribution in [0.25, 0.3) is 0 Å². The monoisotopic (exact) mass is 215 g/mol. The Hall–Kier alpha value is -1.65. The highest BCUT2D eigenvalue weighted by Gasteiger charge is 2.08. The fourth-order valence-electron chi connectivity index (χ4n) is 1.11. The van der Waals surface area contributed by atoms with E-state index >= 15 is 0 Å². The molecule has 0 spiro atoms. The molecule has 0 bridgehead atoms. The fourth-order valence-corrected chi connectivity index (χ4v) is 1.11. The minimum atomic E-state index is -0.633. The van der Waals surface area contributed by atoms with Gasteiger partial charge in [0.05, 0.1) is 5.71 Å². The van der Waals surface area contributed by atoms with Crippen molar-refractivity contribution < 1.29 is 18.7 Å². The highest BCUT2D eigenvalue weighted by atomic mass is 19.1. The maximum Gasteiger partial charge on any atom is 0.128 e. The number of halogens is 2. The number of ether oxygens (including phenoxy) is 1. The van der Waals surface area contributed by atoms with Gasteiger partial charge in [0.25, 0.3) is 0 Å². The normalized spacial score (nSPS) is 11.5. The van der Waals surface area contributed by atoms with Gasteiger partial charge in [-0.15, -0.1) is 0 Å². The van der Waals surface area contributed by atoms with Crippen molar-refractivity contribution in [3.63, 3.8) is 0 Å². The number of nitrogens with zero attached hydrogens (tertiary/aromatic N) is 1. The summed E-state index contributed by atoms with van der Waals surface area (Å²) in [4.78, 5) is 0. The molecule has 0 atom stereocenters. The Morgan fingerprint density at radius 2 is 2.27 bits per heavy atom. The van der Waals surface area contributed by atoms with Gasteiger partial charge < -0.3 is 9.94 Å². The molecule has 1 aromatic rings. The van der Waals surface area contributed by atoms with Gasteiger partial charge in [-0.25, -0.2) is 8.78 Å². The van der Waals surface area contributed by atoms with Crippen molar-refractivity contribution in [3.05, 3.63) is 29.6 Å². The summed E-state index contributed by atoms with van der Waals surface area (Å²) in [5.41, 5.74) is 0.523. The lowest BCUT2D eigenvalue weighted by molar-refractivity contribution is 0.272. The van der Waals surface area contributed by atoms with Gasteiger partial charge in [0.2, 0.25) is 0 Å². The van der Waals surface area contributed by atoms with E-state index in [1.54, 1.807) is 0 Å². The smallest absolute Gasteiger partial charge is 0.128 e. The van der Waals surface area contributed by atoms with Crippen LogP contribution in [0, 0.1) is 5.82 Å². The lowest BCUT2D eigenvalue weighted by Crippen LogP contribution is -2.05. The summed E-state index contributed by atoms with van der Waals surface area (Å²) < 4.78 is 29.8. The molecule has 3 nitrogen and oxygen atoms in total. The minimum Gasteiger partial charge on any atom is -0.490 e. The zero-order valence-electron chi connectivity index (χ0n) is 8.20. The van der Waals surface area contributed by atoms with Crippen LogP contribution in [0.5, 0.6) is 5.75 Å². The van der Waals surface area contributed by atoms with Gasteiger partial charge in [0.15, 0.2) is 0 Å². The average molecular weight is 215 g/mol. The zero-order chi connectivity index (χ0) is 11.3. The van der Waals surface area contributed by atoms with Crippen LogP contribution in [-0.4, -0.2) is 24.2 Å². The highest BCUT2D eigenvalue weighted by molar-refractivity contribution is 6.00. The topological polar surface area (TPSA) is 41.8 Å². The molecule has 1 N–H and O–H groups in total. The lowest BCUT2D eigenvalue weighted by Gasteiger charge is -2.09. The molecule has 0 aliphatic carbocycles. The van der Waals surface area contributed by atoms with Gasteiger partial charge >= 0.3 is 0 Å². The SMILES string of the molecule is C/C(=N/O)c1cc(F)ccc1OCCF. The minimum absolute atomic E-state index is 0.114. The predicted octanol–water partition coefficient (Wildman–Crippen LogP) is 2.37. The molecule has 1 rings (SSSR count). The number of alkyl halides is 1. The van der Waals surface area contributed by atoms with E-state index in [-0.39, 0.29) is 12.3 Å². The van der Waals surface area contributed by atoms with E-state index in [0.717, 1.165) is 0 Å². The van der Waals surface area contributed by atoms with Crippen molar-refractivity contribution in [2.45, 2.75) is 6.92 Å². The van der Waals surface area contributed by atoms with E-state index in [9.17, 15) is 8.78 Å². The third kappa shape index (κ3) is 2.90. The van der Waals surface area contributed by atoms with Crippen molar-refractivity contribution in [2.75, 3.05) is 13.3 Å². The number of oxime groups is 1. The predicted molar refractivity (Wildman–Crippen MR) is 51.9 cm³/mol. The Morgan fingerprint density at radius 3 is 2.87 bits per heavy atom. The summed E-state index contributed by atoms with van der Waals surface area (Å²) in [6.45, 7) is 0.751. The molecule has 15 heavy (non-hydrogen) atoms. The van der Waals surface area contributed by atoms with Crippen LogP contribution >= 0.6 is 0 Å². The summed E-state index contributed by atoms with van der Waals surface area (Å²) in [6.07, 6.45) is 0. The first-order valence-electron chi connectivity index (χ1n) is 4.36. The molecule has 0 radical (unpaired) electrons. The van der Waals surface area contributed by atoms with E-state index in [1.165, 1.54) is 25.1 Å². The van der Waals surface area contributed by atoms with Crippen LogP contribution < -0.4 is 4.74 Å². The quantitative estimate of drug-likeness (QED) is 0.476. The van der Waals surface area contributed by atoms with Gasteiger partial charge in [0, 0.05) is 5.56 Å². The first-order valence-corrected chi connectivity index (χ1v) is 4.36. The molecule has 0 aliphatic rings. The molecule has 0 saturated carbocycles. The van der Waals surface area contributed by atoms with Crippen molar-refractivity contribution >= 4 is 5.71 Å². The van der Waals surface area contributed by atoms with Crippen molar-refractivity contribution in [1.82, 2.24) is 0 Å². The van der Waals surface area contributed by atoms with E-state index in [1.807, 2.05) is 0 Å². The van der Waals surface area contributed by atoms with Crippen molar-refractivity contribution in [2.24, 2.45) is 5.16 Å². The number of hydrogen-bond donors (Lipinski definition) is 1. The van der Waals surface area contributed by atoms with Gasteiger partial charge in [-0.1, -0.05) is 5.16 Å². The number of benzene rings is 1. The Bertz CT molecular complexity index is 366. The van der Waals surface area contributed by atoms with Gasteiger partial charge in [0.1, 0.15) is 24.8 Å².